The number of anilines is 1. The summed E-state index contributed by atoms with van der Waals surface area (Å²) in [6.07, 6.45) is 2.11. The van der Waals surface area contributed by atoms with Crippen molar-refractivity contribution < 1.29 is 9.53 Å². The molecule has 0 bridgehead atoms. The molecule has 1 aliphatic carbocycles. The number of allylic oxidation sites excluding steroid dienone is 2. The van der Waals surface area contributed by atoms with Crippen LogP contribution >= 0.6 is 23.2 Å². The first-order valence-corrected chi connectivity index (χ1v) is 10.4. The zero-order valence-electron chi connectivity index (χ0n) is 16.2. The van der Waals surface area contributed by atoms with Gasteiger partial charge in [-0.25, -0.2) is 4.68 Å². The number of benzene rings is 2. The average molecular weight is 441 g/mol. The maximum atomic E-state index is 12.9. The van der Waals surface area contributed by atoms with Crippen molar-refractivity contribution in [3.05, 3.63) is 69.3 Å². The van der Waals surface area contributed by atoms with Crippen molar-refractivity contribution in [2.24, 2.45) is 0 Å². The van der Waals surface area contributed by atoms with Gasteiger partial charge < -0.3 is 10.1 Å². The molecule has 0 fully saturated rings. The number of hydrogen-bond donors (Lipinski definition) is 1. The predicted octanol–water partition coefficient (Wildman–Crippen LogP) is 5.28. The number of nitrogens with one attached hydrogen (secondary N) is 1. The molecule has 6 nitrogen and oxygen atoms in total. The van der Waals surface area contributed by atoms with Crippen molar-refractivity contribution in [3.8, 4) is 17.1 Å². The molecular weight excluding hydrogens is 423 g/mol. The topological polar surface area (TPSA) is 69.0 Å². The number of carbonyl (C=O) groups is 1. The smallest absolute Gasteiger partial charge is 0.226 e. The molecular formula is C22H18Cl2N4O2. The van der Waals surface area contributed by atoms with E-state index in [0.29, 0.717) is 33.8 Å². The lowest BCUT2D eigenvalue weighted by atomic mass is 9.85. The van der Waals surface area contributed by atoms with Crippen molar-refractivity contribution >= 4 is 34.9 Å². The maximum Gasteiger partial charge on any atom is 0.226 e. The molecule has 152 valence electrons. The number of nitrogens with zero attached hydrogens (tertiary/aromatic N) is 3. The van der Waals surface area contributed by atoms with Gasteiger partial charge in [0.05, 0.1) is 7.11 Å². The summed E-state index contributed by atoms with van der Waals surface area (Å²) in [5.74, 6) is 2.01. The van der Waals surface area contributed by atoms with Crippen molar-refractivity contribution in [1.29, 1.82) is 0 Å². The Balaban J connectivity index is 1.66. The van der Waals surface area contributed by atoms with Crippen LogP contribution in [0.3, 0.4) is 0 Å². The van der Waals surface area contributed by atoms with E-state index in [1.165, 1.54) is 0 Å². The number of ketones is 1. The Morgan fingerprint density at radius 3 is 2.67 bits per heavy atom. The first-order valence-electron chi connectivity index (χ1n) is 9.64. The summed E-state index contributed by atoms with van der Waals surface area (Å²) >= 11 is 12.7. The van der Waals surface area contributed by atoms with Gasteiger partial charge in [0.25, 0.3) is 0 Å². The molecule has 8 heteroatoms. The fourth-order valence-corrected chi connectivity index (χ4v) is 4.54. The number of halogens is 2. The molecule has 30 heavy (non-hydrogen) atoms. The van der Waals surface area contributed by atoms with Crippen LogP contribution in [0.15, 0.2) is 53.7 Å². The maximum absolute atomic E-state index is 12.9. The van der Waals surface area contributed by atoms with E-state index >= 15 is 0 Å². The van der Waals surface area contributed by atoms with Crippen LogP contribution in [-0.4, -0.2) is 27.7 Å². The van der Waals surface area contributed by atoms with Crippen LogP contribution in [0.5, 0.6) is 5.75 Å². The molecule has 2 aromatic carbocycles. The number of methoxy groups -OCH3 is 1. The lowest BCUT2D eigenvalue weighted by Gasteiger charge is -2.32. The number of rotatable bonds is 3. The van der Waals surface area contributed by atoms with Crippen LogP contribution in [0.4, 0.5) is 5.95 Å². The minimum atomic E-state index is -0.451. The summed E-state index contributed by atoms with van der Waals surface area (Å²) in [4.78, 5) is 17.6. The van der Waals surface area contributed by atoms with Gasteiger partial charge in [0, 0.05) is 38.9 Å². The van der Waals surface area contributed by atoms with E-state index in [9.17, 15) is 4.79 Å². The highest BCUT2D eigenvalue weighted by atomic mass is 35.5. The molecule has 0 saturated carbocycles. The Hall–Kier alpha value is -2.83. The van der Waals surface area contributed by atoms with Gasteiger partial charge in [0.1, 0.15) is 11.8 Å². The van der Waals surface area contributed by atoms with Gasteiger partial charge in [0.2, 0.25) is 5.95 Å². The van der Waals surface area contributed by atoms with E-state index in [0.717, 1.165) is 35.4 Å². The molecule has 0 amide bonds. The highest BCUT2D eigenvalue weighted by molar-refractivity contribution is 6.35. The van der Waals surface area contributed by atoms with Crippen LogP contribution < -0.4 is 10.1 Å². The van der Waals surface area contributed by atoms with Crippen LogP contribution in [0.1, 0.15) is 30.9 Å². The Morgan fingerprint density at radius 2 is 1.93 bits per heavy atom. The minimum absolute atomic E-state index is 0.104. The monoisotopic (exact) mass is 440 g/mol. The predicted molar refractivity (Wildman–Crippen MR) is 116 cm³/mol. The standard InChI is InChI=1S/C22H18Cl2N4O2/c1-30-14-8-5-12(6-9-14)21-26-22-25-17-3-2-4-18(29)19(17)20(28(22)27-21)15-10-7-13(23)11-16(15)24/h5-11,20H,2-4H2,1H3,(H,25,26,27). The molecule has 1 unspecified atom stereocenters. The summed E-state index contributed by atoms with van der Waals surface area (Å²) in [7, 11) is 1.63. The van der Waals surface area contributed by atoms with Crippen LogP contribution in [0, 0.1) is 0 Å². The number of fused-ring (bicyclic) bond motifs is 1. The zero-order valence-corrected chi connectivity index (χ0v) is 17.7. The van der Waals surface area contributed by atoms with Crippen LogP contribution in [0.2, 0.25) is 10.0 Å². The van der Waals surface area contributed by atoms with Crippen LogP contribution in [-0.2, 0) is 4.79 Å². The van der Waals surface area contributed by atoms with E-state index in [4.69, 9.17) is 38.0 Å². The lowest BCUT2D eigenvalue weighted by molar-refractivity contribution is -0.116. The second kappa shape index (κ2) is 7.45. The Bertz CT molecular complexity index is 1180. The Labute approximate surface area is 183 Å². The fourth-order valence-electron chi connectivity index (χ4n) is 4.03. The van der Waals surface area contributed by atoms with E-state index in [-0.39, 0.29) is 5.78 Å². The van der Waals surface area contributed by atoms with E-state index in [1.54, 1.807) is 23.9 Å². The quantitative estimate of drug-likeness (QED) is 0.599. The number of aromatic nitrogens is 3. The molecule has 3 aromatic rings. The summed E-state index contributed by atoms with van der Waals surface area (Å²) in [5.41, 5.74) is 3.22. The van der Waals surface area contributed by atoms with Gasteiger partial charge in [-0.3, -0.25) is 4.79 Å². The molecule has 5 rings (SSSR count). The number of Topliss-reactive ketones (excluding diaryl/α,β-unsaturated/α-hetero) is 1. The number of ether oxygens (including phenoxy) is 1. The Kier molecular flexibility index (Phi) is 4.76. The number of carbonyl (C=O) groups excluding carboxylic acids is 1. The van der Waals surface area contributed by atoms with Gasteiger partial charge in [-0.15, -0.1) is 5.10 Å². The van der Waals surface area contributed by atoms with Gasteiger partial charge in [-0.05, 0) is 49.2 Å². The molecule has 2 aliphatic rings. The lowest BCUT2D eigenvalue weighted by Crippen LogP contribution is -2.31. The van der Waals surface area contributed by atoms with Crippen LogP contribution in [0.25, 0.3) is 11.4 Å². The molecule has 0 spiro atoms. The van der Waals surface area contributed by atoms with Crippen molar-refractivity contribution in [3.63, 3.8) is 0 Å². The van der Waals surface area contributed by atoms with Crippen molar-refractivity contribution in [2.75, 3.05) is 12.4 Å². The number of hydrogen-bond acceptors (Lipinski definition) is 5. The van der Waals surface area contributed by atoms with E-state index in [2.05, 4.69) is 5.32 Å². The normalized spacial score (nSPS) is 18.0. The van der Waals surface area contributed by atoms with Gasteiger partial charge >= 0.3 is 0 Å². The summed E-state index contributed by atoms with van der Waals surface area (Å²) in [6, 6.07) is 12.4. The highest BCUT2D eigenvalue weighted by Crippen LogP contribution is 2.43. The summed E-state index contributed by atoms with van der Waals surface area (Å²) in [6.45, 7) is 0. The molecule has 0 saturated heterocycles. The average Bonchev–Trinajstić information content (AvgIpc) is 3.17. The third-order valence-corrected chi connectivity index (χ3v) is 6.04. The largest absolute Gasteiger partial charge is 0.497 e. The molecule has 1 aromatic heterocycles. The first-order chi connectivity index (χ1) is 14.5. The summed E-state index contributed by atoms with van der Waals surface area (Å²) < 4.78 is 6.98. The summed E-state index contributed by atoms with van der Waals surface area (Å²) in [5, 5.41) is 9.11. The zero-order chi connectivity index (χ0) is 20.8. The minimum Gasteiger partial charge on any atom is -0.497 e. The van der Waals surface area contributed by atoms with Gasteiger partial charge in [-0.2, -0.15) is 4.98 Å². The molecule has 0 radical (unpaired) electrons. The van der Waals surface area contributed by atoms with E-state index < -0.39 is 6.04 Å². The van der Waals surface area contributed by atoms with Crippen molar-refractivity contribution in [1.82, 2.24) is 14.8 Å². The third kappa shape index (κ3) is 3.16. The third-order valence-electron chi connectivity index (χ3n) is 5.47. The van der Waals surface area contributed by atoms with Gasteiger partial charge in [-0.1, -0.05) is 29.3 Å². The molecule has 1 aliphatic heterocycles. The van der Waals surface area contributed by atoms with Crippen molar-refractivity contribution in [2.45, 2.75) is 25.3 Å². The first kappa shape index (κ1) is 19.2. The highest BCUT2D eigenvalue weighted by Gasteiger charge is 2.37. The molecule has 1 N–H and O–H groups in total. The SMILES string of the molecule is COc1ccc(-c2nc3n(n2)C(c2ccc(Cl)cc2Cl)C2=C(CCCC2=O)N3)cc1. The van der Waals surface area contributed by atoms with Gasteiger partial charge in [0.15, 0.2) is 11.6 Å². The fraction of sp³-hybridized carbons (Fsp3) is 0.227. The van der Waals surface area contributed by atoms with E-state index in [1.807, 2.05) is 30.3 Å². The molecule has 1 atom stereocenters. The molecule has 2 heterocycles. The Morgan fingerprint density at radius 1 is 1.13 bits per heavy atom. The second-order valence-corrected chi connectivity index (χ2v) is 8.14. The second-order valence-electron chi connectivity index (χ2n) is 7.29.